The summed E-state index contributed by atoms with van der Waals surface area (Å²) in [6.45, 7) is 3.56. The molecule has 1 rings (SSSR count). The van der Waals surface area contributed by atoms with Gasteiger partial charge in [0.2, 0.25) is 0 Å². The first-order valence-electron chi connectivity index (χ1n) is 5.38. The van der Waals surface area contributed by atoms with Crippen molar-refractivity contribution in [3.63, 3.8) is 0 Å². The molecule has 0 aliphatic heterocycles. The van der Waals surface area contributed by atoms with Gasteiger partial charge in [0.25, 0.3) is 0 Å². The van der Waals surface area contributed by atoms with Crippen LogP contribution in [0.5, 0.6) is 0 Å². The fourth-order valence-corrected chi connectivity index (χ4v) is 1.48. The van der Waals surface area contributed by atoms with Crippen LogP contribution in [0.15, 0.2) is 6.20 Å². The maximum absolute atomic E-state index is 11.6. The van der Waals surface area contributed by atoms with Gasteiger partial charge in [0.15, 0.2) is 5.69 Å². The number of aromatic nitrogens is 2. The zero-order valence-corrected chi connectivity index (χ0v) is 10.1. The fourth-order valence-electron chi connectivity index (χ4n) is 1.48. The highest BCUT2D eigenvalue weighted by Crippen LogP contribution is 2.14. The number of ether oxygens (including phenoxy) is 1. The van der Waals surface area contributed by atoms with Crippen LogP contribution in [0.1, 0.15) is 29.9 Å². The molecule has 0 aliphatic carbocycles. The SMILES string of the molecule is CCOC(=O)c1nn(C)cc1CC(C)C(=O)O. The fraction of sp³-hybridized carbons (Fsp3) is 0.545. The van der Waals surface area contributed by atoms with Crippen molar-refractivity contribution in [3.8, 4) is 0 Å². The molecule has 0 fully saturated rings. The van der Waals surface area contributed by atoms with E-state index in [1.165, 1.54) is 4.68 Å². The third-order valence-corrected chi connectivity index (χ3v) is 2.32. The monoisotopic (exact) mass is 240 g/mol. The molecule has 0 aliphatic rings. The molecule has 0 radical (unpaired) electrons. The van der Waals surface area contributed by atoms with Crippen molar-refractivity contribution in [3.05, 3.63) is 17.5 Å². The Hall–Kier alpha value is -1.85. The maximum atomic E-state index is 11.6. The quantitative estimate of drug-likeness (QED) is 0.772. The van der Waals surface area contributed by atoms with Crippen molar-refractivity contribution in [1.29, 1.82) is 0 Å². The van der Waals surface area contributed by atoms with E-state index in [0.29, 0.717) is 5.56 Å². The number of rotatable bonds is 5. The number of carbonyl (C=O) groups excluding carboxylic acids is 1. The molecule has 1 heterocycles. The summed E-state index contributed by atoms with van der Waals surface area (Å²) in [5.74, 6) is -1.98. The summed E-state index contributed by atoms with van der Waals surface area (Å²) < 4.78 is 6.34. The van der Waals surface area contributed by atoms with Crippen LogP contribution in [0, 0.1) is 5.92 Å². The normalized spacial score (nSPS) is 12.2. The van der Waals surface area contributed by atoms with Gasteiger partial charge in [0.05, 0.1) is 12.5 Å². The molecule has 0 aromatic carbocycles. The van der Waals surface area contributed by atoms with E-state index in [1.807, 2.05) is 0 Å². The van der Waals surface area contributed by atoms with Gasteiger partial charge in [-0.2, -0.15) is 5.10 Å². The molecule has 94 valence electrons. The highest BCUT2D eigenvalue weighted by Gasteiger charge is 2.21. The molecule has 1 atom stereocenters. The first-order valence-corrected chi connectivity index (χ1v) is 5.38. The van der Waals surface area contributed by atoms with Gasteiger partial charge >= 0.3 is 11.9 Å². The number of carbonyl (C=O) groups is 2. The molecule has 6 nitrogen and oxygen atoms in total. The predicted octanol–water partition coefficient (Wildman–Crippen LogP) is 0.860. The van der Waals surface area contributed by atoms with E-state index in [-0.39, 0.29) is 18.7 Å². The summed E-state index contributed by atoms with van der Waals surface area (Å²) >= 11 is 0. The Morgan fingerprint density at radius 1 is 1.59 bits per heavy atom. The number of carboxylic acid groups (broad SMARTS) is 1. The van der Waals surface area contributed by atoms with Gasteiger partial charge in [-0.1, -0.05) is 6.92 Å². The highest BCUT2D eigenvalue weighted by atomic mass is 16.5. The average Bonchev–Trinajstić information content (AvgIpc) is 2.59. The summed E-state index contributed by atoms with van der Waals surface area (Å²) in [6.07, 6.45) is 1.91. The molecule has 1 unspecified atom stereocenters. The molecular formula is C11H16N2O4. The van der Waals surface area contributed by atoms with Crippen LogP contribution in [0.4, 0.5) is 0 Å². The number of hydrogen-bond acceptors (Lipinski definition) is 4. The Labute approximate surface area is 99.2 Å². The molecule has 0 amide bonds. The summed E-state index contributed by atoms with van der Waals surface area (Å²) in [5, 5.41) is 12.8. The van der Waals surface area contributed by atoms with Crippen LogP contribution in [-0.2, 0) is 23.0 Å². The third-order valence-electron chi connectivity index (χ3n) is 2.32. The molecule has 1 aromatic heterocycles. The second-order valence-electron chi connectivity index (χ2n) is 3.84. The van der Waals surface area contributed by atoms with Crippen molar-refractivity contribution in [2.45, 2.75) is 20.3 Å². The second-order valence-corrected chi connectivity index (χ2v) is 3.84. The van der Waals surface area contributed by atoms with Crippen molar-refractivity contribution >= 4 is 11.9 Å². The lowest BCUT2D eigenvalue weighted by atomic mass is 10.0. The van der Waals surface area contributed by atoms with Crippen LogP contribution in [0.25, 0.3) is 0 Å². The van der Waals surface area contributed by atoms with Gasteiger partial charge < -0.3 is 9.84 Å². The van der Waals surface area contributed by atoms with Gasteiger partial charge in [-0.3, -0.25) is 9.48 Å². The number of hydrogen-bond donors (Lipinski definition) is 1. The van der Waals surface area contributed by atoms with Gasteiger partial charge in [0.1, 0.15) is 0 Å². The van der Waals surface area contributed by atoms with Crippen molar-refractivity contribution in [2.24, 2.45) is 13.0 Å². The molecule has 0 saturated heterocycles. The number of carboxylic acids is 1. The summed E-state index contributed by atoms with van der Waals surface area (Å²) in [6, 6.07) is 0. The van der Waals surface area contributed by atoms with Crippen molar-refractivity contribution in [1.82, 2.24) is 9.78 Å². The summed E-state index contributed by atoms with van der Waals surface area (Å²) in [7, 11) is 1.68. The first kappa shape index (κ1) is 13.2. The number of aliphatic carboxylic acids is 1. The number of aryl methyl sites for hydroxylation is 1. The zero-order valence-electron chi connectivity index (χ0n) is 10.1. The van der Waals surface area contributed by atoms with Gasteiger partial charge in [-0.25, -0.2) is 4.79 Å². The van der Waals surface area contributed by atoms with Crippen LogP contribution in [0.2, 0.25) is 0 Å². The van der Waals surface area contributed by atoms with E-state index < -0.39 is 17.9 Å². The minimum atomic E-state index is -0.899. The van der Waals surface area contributed by atoms with E-state index in [4.69, 9.17) is 9.84 Å². The van der Waals surface area contributed by atoms with E-state index >= 15 is 0 Å². The molecule has 1 N–H and O–H groups in total. The largest absolute Gasteiger partial charge is 0.481 e. The second kappa shape index (κ2) is 5.47. The number of nitrogens with zero attached hydrogens (tertiary/aromatic N) is 2. The maximum Gasteiger partial charge on any atom is 0.359 e. The van der Waals surface area contributed by atoms with Crippen LogP contribution >= 0.6 is 0 Å². The van der Waals surface area contributed by atoms with E-state index in [2.05, 4.69) is 5.10 Å². The lowest BCUT2D eigenvalue weighted by molar-refractivity contribution is -0.141. The molecule has 17 heavy (non-hydrogen) atoms. The smallest absolute Gasteiger partial charge is 0.359 e. The van der Waals surface area contributed by atoms with Crippen LogP contribution in [0.3, 0.4) is 0 Å². The van der Waals surface area contributed by atoms with Gasteiger partial charge in [0, 0.05) is 18.8 Å². The zero-order chi connectivity index (χ0) is 13.0. The Balaban J connectivity index is 2.91. The lowest BCUT2D eigenvalue weighted by Gasteiger charge is -2.05. The highest BCUT2D eigenvalue weighted by molar-refractivity contribution is 5.89. The first-order chi connectivity index (χ1) is 7.95. The van der Waals surface area contributed by atoms with E-state index in [9.17, 15) is 9.59 Å². The average molecular weight is 240 g/mol. The van der Waals surface area contributed by atoms with Crippen LogP contribution < -0.4 is 0 Å². The number of esters is 1. The molecule has 0 saturated carbocycles. The Morgan fingerprint density at radius 3 is 2.76 bits per heavy atom. The van der Waals surface area contributed by atoms with E-state index in [0.717, 1.165) is 0 Å². The standard InChI is InChI=1S/C11H16N2O4/c1-4-17-11(16)9-8(6-13(3)12-9)5-7(2)10(14)15/h6-7H,4-5H2,1-3H3,(H,14,15). The third kappa shape index (κ3) is 3.30. The minimum absolute atomic E-state index is 0.197. The minimum Gasteiger partial charge on any atom is -0.481 e. The summed E-state index contributed by atoms with van der Waals surface area (Å²) in [5.41, 5.74) is 0.795. The van der Waals surface area contributed by atoms with Crippen molar-refractivity contribution < 1.29 is 19.4 Å². The molecule has 0 spiro atoms. The summed E-state index contributed by atoms with van der Waals surface area (Å²) in [4.78, 5) is 22.4. The van der Waals surface area contributed by atoms with Gasteiger partial charge in [-0.05, 0) is 13.3 Å². The molecule has 1 aromatic rings. The predicted molar refractivity (Wildman–Crippen MR) is 59.7 cm³/mol. The molecular weight excluding hydrogens is 224 g/mol. The molecule has 6 heteroatoms. The van der Waals surface area contributed by atoms with Crippen molar-refractivity contribution in [2.75, 3.05) is 6.61 Å². The van der Waals surface area contributed by atoms with Crippen LogP contribution in [-0.4, -0.2) is 33.4 Å². The topological polar surface area (TPSA) is 81.4 Å². The van der Waals surface area contributed by atoms with Gasteiger partial charge in [-0.15, -0.1) is 0 Å². The Morgan fingerprint density at radius 2 is 2.24 bits per heavy atom. The lowest BCUT2D eigenvalue weighted by Crippen LogP contribution is -2.15. The molecule has 0 bridgehead atoms. The Bertz CT molecular complexity index is 425. The van der Waals surface area contributed by atoms with E-state index in [1.54, 1.807) is 27.1 Å². The Kier molecular flexibility index (Phi) is 4.25.